The zero-order chi connectivity index (χ0) is 18.6. The Balaban J connectivity index is 1.47. The molecule has 1 unspecified atom stereocenters. The van der Waals surface area contributed by atoms with Gasteiger partial charge in [0, 0.05) is 19.1 Å². The molecule has 0 aromatic carbocycles. The van der Waals surface area contributed by atoms with Crippen LogP contribution in [0.4, 0.5) is 0 Å². The first-order chi connectivity index (χ1) is 12.3. The van der Waals surface area contributed by atoms with E-state index in [1.54, 1.807) is 0 Å². The van der Waals surface area contributed by atoms with Crippen molar-refractivity contribution in [2.75, 3.05) is 19.8 Å². The van der Waals surface area contributed by atoms with E-state index in [-0.39, 0.29) is 35.0 Å². The summed E-state index contributed by atoms with van der Waals surface area (Å²) in [5.41, 5.74) is -0.0176. The lowest BCUT2D eigenvalue weighted by molar-refractivity contribution is -0.151. The molecule has 0 radical (unpaired) electrons. The minimum Gasteiger partial charge on any atom is -0.480 e. The highest BCUT2D eigenvalue weighted by molar-refractivity contribution is 5.92. The number of hydrogen-bond acceptors (Lipinski definition) is 4. The molecule has 4 fully saturated rings. The number of likely N-dealkylation sites (tertiary alicyclic amines) is 1. The summed E-state index contributed by atoms with van der Waals surface area (Å²) >= 11 is 0. The van der Waals surface area contributed by atoms with Crippen LogP contribution in [0.2, 0.25) is 0 Å². The number of carboxylic acid groups (broad SMARTS) is 1. The van der Waals surface area contributed by atoms with Crippen LogP contribution in [0, 0.1) is 29.1 Å². The maximum atomic E-state index is 13.2. The number of fused-ring (bicyclic) bond motifs is 1. The summed E-state index contributed by atoms with van der Waals surface area (Å²) in [4.78, 5) is 39.0. The average Bonchev–Trinajstić information content (AvgIpc) is 3.28. The van der Waals surface area contributed by atoms with Crippen molar-refractivity contribution in [3.63, 3.8) is 0 Å². The van der Waals surface area contributed by atoms with Crippen molar-refractivity contribution < 1.29 is 24.2 Å². The summed E-state index contributed by atoms with van der Waals surface area (Å²) in [6.07, 6.45) is 3.44. The molecule has 2 aliphatic carbocycles. The SMILES string of the molecule is CC1(C)[C@@H]2[C@@H](C(=O)O)N(C(=O)C(CC3CC3)NC(=O)[C@H]3CCOC3)C[C@@H]21. The summed E-state index contributed by atoms with van der Waals surface area (Å²) in [6.45, 7) is 5.60. The van der Waals surface area contributed by atoms with Crippen molar-refractivity contribution in [2.24, 2.45) is 29.1 Å². The van der Waals surface area contributed by atoms with Crippen molar-refractivity contribution in [2.45, 2.75) is 51.6 Å². The van der Waals surface area contributed by atoms with Gasteiger partial charge >= 0.3 is 5.97 Å². The van der Waals surface area contributed by atoms with Crippen LogP contribution in [-0.4, -0.2) is 59.6 Å². The van der Waals surface area contributed by atoms with Gasteiger partial charge in [0.2, 0.25) is 11.8 Å². The van der Waals surface area contributed by atoms with Gasteiger partial charge in [-0.25, -0.2) is 4.79 Å². The van der Waals surface area contributed by atoms with Gasteiger partial charge in [0.15, 0.2) is 0 Å². The molecule has 0 spiro atoms. The minimum atomic E-state index is -0.933. The first-order valence-corrected chi connectivity index (χ1v) is 9.72. The van der Waals surface area contributed by atoms with Crippen LogP contribution in [-0.2, 0) is 19.1 Å². The van der Waals surface area contributed by atoms with E-state index < -0.39 is 18.1 Å². The van der Waals surface area contributed by atoms with Crippen LogP contribution in [0.5, 0.6) is 0 Å². The fourth-order valence-electron chi connectivity index (χ4n) is 4.93. The van der Waals surface area contributed by atoms with Gasteiger partial charge < -0.3 is 20.1 Å². The van der Waals surface area contributed by atoms with Gasteiger partial charge in [-0.05, 0) is 30.1 Å². The van der Waals surface area contributed by atoms with E-state index in [0.717, 1.165) is 12.8 Å². The van der Waals surface area contributed by atoms with E-state index in [0.29, 0.717) is 38.5 Å². The van der Waals surface area contributed by atoms with Crippen LogP contribution in [0.3, 0.4) is 0 Å². The molecule has 2 saturated heterocycles. The second-order valence-electron chi connectivity index (χ2n) is 9.03. The fraction of sp³-hybridized carbons (Fsp3) is 0.842. The van der Waals surface area contributed by atoms with Gasteiger partial charge in [-0.2, -0.15) is 0 Å². The number of rotatable bonds is 6. The lowest BCUT2D eigenvalue weighted by Gasteiger charge is -2.32. The summed E-state index contributed by atoms with van der Waals surface area (Å²) < 4.78 is 5.27. The van der Waals surface area contributed by atoms with E-state index in [1.165, 1.54) is 4.90 Å². The van der Waals surface area contributed by atoms with Crippen molar-refractivity contribution in [1.29, 1.82) is 0 Å². The predicted molar refractivity (Wildman–Crippen MR) is 92.1 cm³/mol. The molecule has 2 N–H and O–H groups in total. The molecule has 2 saturated carbocycles. The van der Waals surface area contributed by atoms with E-state index in [9.17, 15) is 19.5 Å². The molecule has 7 nitrogen and oxygen atoms in total. The largest absolute Gasteiger partial charge is 0.480 e. The smallest absolute Gasteiger partial charge is 0.326 e. The second kappa shape index (κ2) is 6.22. The third kappa shape index (κ3) is 3.00. The van der Waals surface area contributed by atoms with Crippen molar-refractivity contribution in [3.05, 3.63) is 0 Å². The Kier molecular flexibility index (Phi) is 4.25. The third-order valence-electron chi connectivity index (χ3n) is 6.93. The predicted octanol–water partition coefficient (Wildman–Crippen LogP) is 0.875. The van der Waals surface area contributed by atoms with Gasteiger partial charge in [-0.1, -0.05) is 26.7 Å². The second-order valence-corrected chi connectivity index (χ2v) is 9.03. The Morgan fingerprint density at radius 1 is 1.27 bits per heavy atom. The van der Waals surface area contributed by atoms with Crippen LogP contribution < -0.4 is 5.32 Å². The zero-order valence-corrected chi connectivity index (χ0v) is 15.4. The Labute approximate surface area is 153 Å². The summed E-state index contributed by atoms with van der Waals surface area (Å²) in [5.74, 6) is -0.779. The fourth-order valence-corrected chi connectivity index (χ4v) is 4.93. The van der Waals surface area contributed by atoms with E-state index >= 15 is 0 Å². The highest BCUT2D eigenvalue weighted by Crippen LogP contribution is 2.64. The van der Waals surface area contributed by atoms with Crippen LogP contribution >= 0.6 is 0 Å². The molecule has 0 bridgehead atoms. The first kappa shape index (κ1) is 17.8. The van der Waals surface area contributed by atoms with Crippen LogP contribution in [0.15, 0.2) is 0 Å². The van der Waals surface area contributed by atoms with Gasteiger partial charge in [-0.15, -0.1) is 0 Å². The van der Waals surface area contributed by atoms with E-state index in [4.69, 9.17) is 4.74 Å². The summed E-state index contributed by atoms with van der Waals surface area (Å²) in [5, 5.41) is 12.6. The Hall–Kier alpha value is -1.63. The number of amides is 2. The van der Waals surface area contributed by atoms with Crippen molar-refractivity contribution in [3.8, 4) is 0 Å². The molecule has 4 rings (SSSR count). The maximum absolute atomic E-state index is 13.2. The lowest BCUT2D eigenvalue weighted by atomic mass is 9.99. The highest BCUT2D eigenvalue weighted by Gasteiger charge is 2.69. The van der Waals surface area contributed by atoms with Crippen molar-refractivity contribution in [1.82, 2.24) is 10.2 Å². The monoisotopic (exact) mass is 364 g/mol. The van der Waals surface area contributed by atoms with Crippen molar-refractivity contribution >= 4 is 17.8 Å². The van der Waals surface area contributed by atoms with Gasteiger partial charge in [-0.3, -0.25) is 9.59 Å². The summed E-state index contributed by atoms with van der Waals surface area (Å²) in [7, 11) is 0. The molecular weight excluding hydrogens is 336 g/mol. The molecule has 4 aliphatic rings. The number of piperidine rings is 1. The number of hydrogen-bond donors (Lipinski definition) is 2. The van der Waals surface area contributed by atoms with E-state index in [1.807, 2.05) is 0 Å². The van der Waals surface area contributed by atoms with Crippen LogP contribution in [0.1, 0.15) is 39.5 Å². The molecule has 5 atom stereocenters. The minimum absolute atomic E-state index is 0.0176. The molecule has 0 aromatic rings. The first-order valence-electron chi connectivity index (χ1n) is 9.72. The lowest BCUT2D eigenvalue weighted by Crippen LogP contribution is -2.54. The topological polar surface area (TPSA) is 95.9 Å². The number of carbonyl (C=O) groups is 3. The number of aliphatic carboxylic acids is 1. The number of nitrogens with one attached hydrogen (secondary N) is 1. The Morgan fingerprint density at radius 3 is 2.58 bits per heavy atom. The molecule has 2 amide bonds. The number of carboxylic acids is 1. The molecule has 7 heteroatoms. The molecule has 26 heavy (non-hydrogen) atoms. The maximum Gasteiger partial charge on any atom is 0.326 e. The van der Waals surface area contributed by atoms with Gasteiger partial charge in [0.1, 0.15) is 12.1 Å². The molecule has 2 aliphatic heterocycles. The quantitative estimate of drug-likeness (QED) is 0.729. The average molecular weight is 364 g/mol. The zero-order valence-electron chi connectivity index (χ0n) is 15.4. The standard InChI is InChI=1S/C19H28N2O5/c1-19(2)12-8-21(15(14(12)19)18(24)25)17(23)13(7-10-3-4-10)20-16(22)11-5-6-26-9-11/h10-15H,3-9H2,1-2H3,(H,20,22)(H,24,25)/t11-,12-,13?,14-,15-/m0/s1. The molecule has 144 valence electrons. The Morgan fingerprint density at radius 2 is 2.00 bits per heavy atom. The van der Waals surface area contributed by atoms with Crippen LogP contribution in [0.25, 0.3) is 0 Å². The number of carbonyl (C=O) groups excluding carboxylic acids is 2. The normalized spacial score (nSPS) is 35.7. The highest BCUT2D eigenvalue weighted by atomic mass is 16.5. The Bertz CT molecular complexity index is 623. The molecule has 2 heterocycles. The van der Waals surface area contributed by atoms with Gasteiger partial charge in [0.05, 0.1) is 12.5 Å². The molecule has 0 aromatic heterocycles. The third-order valence-corrected chi connectivity index (χ3v) is 6.93. The number of ether oxygens (including phenoxy) is 1. The number of nitrogens with zero attached hydrogens (tertiary/aromatic N) is 1. The van der Waals surface area contributed by atoms with E-state index in [2.05, 4.69) is 19.2 Å². The van der Waals surface area contributed by atoms with Gasteiger partial charge in [0.25, 0.3) is 0 Å². The molecular formula is C19H28N2O5. The summed E-state index contributed by atoms with van der Waals surface area (Å²) in [6, 6.07) is -1.38.